The Morgan fingerprint density at radius 3 is 2.31 bits per heavy atom. The highest BCUT2D eigenvalue weighted by molar-refractivity contribution is 8.17. The van der Waals surface area contributed by atoms with Gasteiger partial charge in [0.2, 0.25) is 0 Å². The second-order valence-corrected chi connectivity index (χ2v) is 12.2. The molecule has 0 spiro atoms. The lowest BCUT2D eigenvalue weighted by atomic mass is 10.4. The van der Waals surface area contributed by atoms with Crippen LogP contribution < -0.4 is 0 Å². The Bertz CT molecular complexity index is 271. The Kier molecular flexibility index (Phi) is 3.76. The smallest absolute Gasteiger partial charge is 0.311 e. The van der Waals surface area contributed by atoms with E-state index in [1.807, 2.05) is 0 Å². The van der Waals surface area contributed by atoms with Crippen molar-refractivity contribution in [2.75, 3.05) is 27.0 Å². The summed E-state index contributed by atoms with van der Waals surface area (Å²) in [6.45, 7) is 2.06. The quantitative estimate of drug-likeness (QED) is 0.713. The molecule has 0 N–H and O–H groups in total. The van der Waals surface area contributed by atoms with Crippen molar-refractivity contribution in [3.05, 3.63) is 0 Å². The summed E-state index contributed by atoms with van der Waals surface area (Å²) in [6, 6.07) is -1.49. The van der Waals surface area contributed by atoms with Crippen molar-refractivity contribution in [3.63, 3.8) is 0 Å². The average Bonchev–Trinajstić information content (AvgIpc) is 2.44. The maximum absolute atomic E-state index is 12.1. The van der Waals surface area contributed by atoms with Crippen LogP contribution in [0.5, 0.6) is 0 Å². The van der Waals surface area contributed by atoms with Crippen molar-refractivity contribution >= 4 is 25.4 Å². The Labute approximate surface area is 84.7 Å². The largest absolute Gasteiger partial charge is 0.338 e. The van der Waals surface area contributed by atoms with Crippen LogP contribution in [-0.4, -0.2) is 32.4 Å². The molecule has 0 amide bonds. The molecular weight excluding hydrogens is 226 g/mol. The van der Waals surface area contributed by atoms with E-state index in [1.54, 1.807) is 0 Å². The van der Waals surface area contributed by atoms with Crippen LogP contribution in [0.3, 0.4) is 0 Å². The van der Waals surface area contributed by atoms with Crippen LogP contribution in [0.25, 0.3) is 0 Å². The van der Waals surface area contributed by atoms with Gasteiger partial charge in [0.15, 0.2) is 0 Å². The summed E-state index contributed by atoms with van der Waals surface area (Å²) in [4.78, 5) is 0. The molecule has 0 aliphatic carbocycles. The van der Waals surface area contributed by atoms with Crippen molar-refractivity contribution in [2.45, 2.75) is 18.2 Å². The molecule has 1 aliphatic rings. The van der Waals surface area contributed by atoms with E-state index in [4.69, 9.17) is 20.9 Å². The summed E-state index contributed by atoms with van der Waals surface area (Å²) < 4.78 is 22.1. The first-order valence-electron chi connectivity index (χ1n) is 4.23. The molecule has 0 aromatic heterocycles. The van der Waals surface area contributed by atoms with Crippen LogP contribution in [0.15, 0.2) is 0 Å². The lowest BCUT2D eigenvalue weighted by Gasteiger charge is -2.25. The minimum Gasteiger partial charge on any atom is -0.311 e. The van der Waals surface area contributed by atoms with Gasteiger partial charge >= 0.3 is 7.60 Å². The molecule has 78 valence electrons. The molecule has 0 bridgehead atoms. The second-order valence-electron chi connectivity index (χ2n) is 3.43. The van der Waals surface area contributed by atoms with Crippen LogP contribution in [0.1, 0.15) is 12.8 Å². The molecule has 1 aliphatic heterocycles. The molecule has 13 heavy (non-hydrogen) atoms. The standard InChI is InChI=1S/C7H16O3P2S/c1-9-12(8,10-2)7-5-4-6-11(7,3)13/h7H,4-6H2,1-3H3. The van der Waals surface area contributed by atoms with E-state index >= 15 is 0 Å². The highest BCUT2D eigenvalue weighted by Crippen LogP contribution is 2.71. The van der Waals surface area contributed by atoms with Crippen molar-refractivity contribution in [1.29, 1.82) is 0 Å². The predicted octanol–water partition coefficient (Wildman–Crippen LogP) is 2.70. The zero-order valence-electron chi connectivity index (χ0n) is 8.23. The van der Waals surface area contributed by atoms with Gasteiger partial charge in [-0.2, -0.15) is 0 Å². The first-order valence-corrected chi connectivity index (χ1v) is 9.35. The maximum Gasteiger partial charge on any atom is 0.338 e. The molecule has 0 radical (unpaired) electrons. The maximum atomic E-state index is 12.1. The first-order chi connectivity index (χ1) is 5.96. The monoisotopic (exact) mass is 242 g/mol. The molecule has 1 saturated heterocycles. The van der Waals surface area contributed by atoms with Crippen molar-refractivity contribution < 1.29 is 13.6 Å². The van der Waals surface area contributed by atoms with Crippen LogP contribution in [0.2, 0.25) is 0 Å². The summed E-state index contributed by atoms with van der Waals surface area (Å²) >= 11 is 5.49. The van der Waals surface area contributed by atoms with Crippen LogP contribution in [0, 0.1) is 0 Å². The molecule has 2 atom stereocenters. The number of hydrogen-bond acceptors (Lipinski definition) is 4. The van der Waals surface area contributed by atoms with Crippen LogP contribution >= 0.6 is 13.6 Å². The minimum absolute atomic E-state index is 0.00926. The summed E-state index contributed by atoms with van der Waals surface area (Å²) in [5.41, 5.74) is 0. The molecule has 1 heterocycles. The Morgan fingerprint density at radius 2 is 2.00 bits per heavy atom. The highest BCUT2D eigenvalue weighted by Gasteiger charge is 2.44. The van der Waals surface area contributed by atoms with Gasteiger partial charge in [0, 0.05) is 14.2 Å². The lowest BCUT2D eigenvalue weighted by Crippen LogP contribution is -2.06. The normalized spacial score (nSPS) is 35.2. The molecule has 0 aromatic rings. The van der Waals surface area contributed by atoms with E-state index in [0.29, 0.717) is 0 Å². The van der Waals surface area contributed by atoms with Crippen molar-refractivity contribution in [3.8, 4) is 0 Å². The van der Waals surface area contributed by atoms with Gasteiger partial charge in [-0.05, 0) is 31.7 Å². The van der Waals surface area contributed by atoms with E-state index < -0.39 is 13.6 Å². The Balaban J connectivity index is 2.94. The average molecular weight is 242 g/mol. The van der Waals surface area contributed by atoms with E-state index in [2.05, 4.69) is 6.66 Å². The molecule has 0 saturated carbocycles. The van der Waals surface area contributed by atoms with Gasteiger partial charge in [-0.15, -0.1) is 0 Å². The van der Waals surface area contributed by atoms with Crippen molar-refractivity contribution in [1.82, 2.24) is 0 Å². The Morgan fingerprint density at radius 1 is 1.46 bits per heavy atom. The van der Waals surface area contributed by atoms with Crippen molar-refractivity contribution in [2.24, 2.45) is 0 Å². The molecule has 0 aromatic carbocycles. The minimum atomic E-state index is -2.91. The zero-order valence-corrected chi connectivity index (χ0v) is 10.8. The molecule has 3 nitrogen and oxygen atoms in total. The SMILES string of the molecule is COP(=O)(OC)C1CCCP1(C)=S. The van der Waals surface area contributed by atoms with Gasteiger partial charge in [-0.25, -0.2) is 0 Å². The number of hydrogen-bond donors (Lipinski definition) is 0. The fraction of sp³-hybridized carbons (Fsp3) is 1.00. The summed E-state index contributed by atoms with van der Waals surface area (Å²) in [5, 5.41) is -0.00926. The fourth-order valence-electron chi connectivity index (χ4n) is 1.79. The van der Waals surface area contributed by atoms with Crippen LogP contribution in [-0.2, 0) is 25.4 Å². The fourth-order valence-corrected chi connectivity index (χ4v) is 9.81. The zero-order chi connectivity index (χ0) is 10.1. The third kappa shape index (κ3) is 2.24. The molecular formula is C7H16O3P2S. The molecule has 1 fully saturated rings. The second kappa shape index (κ2) is 4.12. The molecule has 2 unspecified atom stereocenters. The van der Waals surface area contributed by atoms with Gasteiger partial charge in [0.25, 0.3) is 0 Å². The van der Waals surface area contributed by atoms with E-state index in [9.17, 15) is 4.57 Å². The van der Waals surface area contributed by atoms with Gasteiger partial charge in [-0.1, -0.05) is 11.8 Å². The third-order valence-corrected chi connectivity index (χ3v) is 11.5. The van der Waals surface area contributed by atoms with Gasteiger partial charge in [-0.3, -0.25) is 4.57 Å². The topological polar surface area (TPSA) is 35.5 Å². The van der Waals surface area contributed by atoms with E-state index in [1.165, 1.54) is 14.2 Å². The predicted molar refractivity (Wildman–Crippen MR) is 59.7 cm³/mol. The lowest BCUT2D eigenvalue weighted by molar-refractivity contribution is 0.272. The first kappa shape index (κ1) is 11.9. The summed E-state index contributed by atoms with van der Waals surface area (Å²) in [5.74, 6) is 0. The summed E-state index contributed by atoms with van der Waals surface area (Å²) in [7, 11) is -0.0203. The Hall–Kier alpha value is 0.800. The highest BCUT2D eigenvalue weighted by atomic mass is 32.4. The third-order valence-electron chi connectivity index (χ3n) is 2.57. The molecule has 6 heteroatoms. The number of rotatable bonds is 3. The van der Waals surface area contributed by atoms with Gasteiger partial charge in [0.05, 0.1) is 5.40 Å². The van der Waals surface area contributed by atoms with E-state index in [0.717, 1.165) is 19.0 Å². The van der Waals surface area contributed by atoms with Gasteiger partial charge in [0.1, 0.15) is 0 Å². The van der Waals surface area contributed by atoms with Crippen LogP contribution in [0.4, 0.5) is 0 Å². The van der Waals surface area contributed by atoms with E-state index in [-0.39, 0.29) is 5.40 Å². The molecule has 1 rings (SSSR count). The van der Waals surface area contributed by atoms with Gasteiger partial charge < -0.3 is 9.05 Å². The summed E-state index contributed by atoms with van der Waals surface area (Å²) in [6.07, 6.45) is 2.99.